The van der Waals surface area contributed by atoms with Crippen molar-refractivity contribution in [1.82, 2.24) is 18.5 Å². The number of rotatable bonds is 5. The first-order valence-corrected chi connectivity index (χ1v) is 12.4. The molecule has 164 valence electrons. The van der Waals surface area contributed by atoms with Gasteiger partial charge < -0.3 is 9.88 Å². The van der Waals surface area contributed by atoms with Crippen molar-refractivity contribution in [2.75, 3.05) is 39.3 Å². The molecule has 1 aromatic heterocycles. The van der Waals surface area contributed by atoms with Crippen molar-refractivity contribution in [3.8, 4) is 0 Å². The van der Waals surface area contributed by atoms with E-state index in [1.807, 2.05) is 26.0 Å². The highest BCUT2D eigenvalue weighted by Gasteiger charge is 2.33. The number of hydrogen-bond acceptors (Lipinski definition) is 3. The number of aromatic nitrogens is 1. The topological polar surface area (TPSA) is 76.7 Å². The van der Waals surface area contributed by atoms with Crippen LogP contribution in [0.15, 0.2) is 18.2 Å². The summed E-state index contributed by atoms with van der Waals surface area (Å²) in [5.41, 5.74) is 4.24. The van der Waals surface area contributed by atoms with Gasteiger partial charge in [-0.2, -0.15) is 17.0 Å². The lowest BCUT2D eigenvalue weighted by molar-refractivity contribution is 0.0696. The van der Waals surface area contributed by atoms with E-state index in [-0.39, 0.29) is 5.91 Å². The molecule has 1 saturated heterocycles. The number of hydrogen-bond donors (Lipinski definition) is 1. The van der Waals surface area contributed by atoms with Crippen LogP contribution in [-0.4, -0.2) is 72.1 Å². The molecule has 0 saturated carbocycles. The number of carbonyl (C=O) groups is 1. The molecule has 1 aliphatic carbocycles. The van der Waals surface area contributed by atoms with Gasteiger partial charge in [0.1, 0.15) is 0 Å². The first-order valence-electron chi connectivity index (χ1n) is 11.0. The van der Waals surface area contributed by atoms with Gasteiger partial charge in [0.15, 0.2) is 0 Å². The summed E-state index contributed by atoms with van der Waals surface area (Å²) in [7, 11) is -3.46. The number of fused-ring (bicyclic) bond motifs is 3. The van der Waals surface area contributed by atoms with Crippen LogP contribution in [0, 0.1) is 5.92 Å². The summed E-state index contributed by atoms with van der Waals surface area (Å²) in [4.78, 5) is 18.6. The third kappa shape index (κ3) is 3.65. The van der Waals surface area contributed by atoms with Crippen LogP contribution in [0.2, 0.25) is 0 Å². The molecule has 0 bridgehead atoms. The number of amides is 1. The van der Waals surface area contributed by atoms with E-state index in [4.69, 9.17) is 0 Å². The smallest absolute Gasteiger partial charge is 0.282 e. The predicted octanol–water partition coefficient (Wildman–Crippen LogP) is 2.64. The van der Waals surface area contributed by atoms with Gasteiger partial charge in [-0.3, -0.25) is 4.79 Å². The number of H-pyrrole nitrogens is 1. The van der Waals surface area contributed by atoms with Gasteiger partial charge in [-0.1, -0.05) is 32.9 Å². The molecular weight excluding hydrogens is 400 g/mol. The zero-order chi connectivity index (χ0) is 21.5. The second kappa shape index (κ2) is 8.32. The molecule has 8 heteroatoms. The number of carbonyl (C=O) groups excluding carboxylic acids is 1. The summed E-state index contributed by atoms with van der Waals surface area (Å²) in [6.45, 7) is 8.37. The van der Waals surface area contributed by atoms with Crippen LogP contribution in [0.1, 0.15) is 48.8 Å². The molecule has 1 atom stereocenters. The molecule has 1 aliphatic heterocycles. The van der Waals surface area contributed by atoms with Crippen molar-refractivity contribution in [2.24, 2.45) is 5.92 Å². The molecule has 0 spiro atoms. The molecule has 1 N–H and O–H groups in total. The minimum absolute atomic E-state index is 0.0212. The third-order valence-electron chi connectivity index (χ3n) is 6.58. The number of nitrogens with one attached hydrogen (secondary N) is 1. The molecule has 2 heterocycles. The van der Waals surface area contributed by atoms with Gasteiger partial charge >= 0.3 is 0 Å². The molecule has 1 unspecified atom stereocenters. The molecule has 0 radical (unpaired) electrons. The van der Waals surface area contributed by atoms with Gasteiger partial charge in [0, 0.05) is 50.3 Å². The minimum Gasteiger partial charge on any atom is -0.358 e. The monoisotopic (exact) mass is 432 g/mol. The van der Waals surface area contributed by atoms with E-state index in [0.717, 1.165) is 23.7 Å². The van der Waals surface area contributed by atoms with Crippen LogP contribution < -0.4 is 0 Å². The van der Waals surface area contributed by atoms with Gasteiger partial charge in [-0.05, 0) is 36.8 Å². The van der Waals surface area contributed by atoms with E-state index < -0.39 is 10.2 Å². The number of aryl methyl sites for hydroxylation is 1. The molecule has 30 heavy (non-hydrogen) atoms. The fourth-order valence-electron chi connectivity index (χ4n) is 4.80. The summed E-state index contributed by atoms with van der Waals surface area (Å²) < 4.78 is 28.5. The average molecular weight is 433 g/mol. The molecule has 2 aliphatic rings. The second-order valence-corrected chi connectivity index (χ2v) is 10.4. The van der Waals surface area contributed by atoms with Crippen LogP contribution in [-0.2, 0) is 23.1 Å². The number of piperazine rings is 1. The Morgan fingerprint density at radius 1 is 1.17 bits per heavy atom. The zero-order valence-corrected chi connectivity index (χ0v) is 19.0. The molecule has 1 aromatic carbocycles. The molecule has 1 amide bonds. The van der Waals surface area contributed by atoms with Crippen molar-refractivity contribution in [1.29, 1.82) is 0 Å². The molecule has 2 aromatic rings. The normalized spacial score (nSPS) is 20.7. The lowest BCUT2D eigenvalue weighted by Gasteiger charge is -2.36. The SMILES string of the molecule is CCN(CC)S(=O)(=O)N1CCN(C(=O)c2cccc3c4c([nH]c23)CCC(C)C4)CC1. The Hall–Kier alpha value is -1.90. The Labute approximate surface area is 179 Å². The largest absolute Gasteiger partial charge is 0.358 e. The third-order valence-corrected chi connectivity index (χ3v) is 8.77. The Kier molecular flexibility index (Phi) is 5.92. The van der Waals surface area contributed by atoms with Crippen LogP contribution in [0.5, 0.6) is 0 Å². The van der Waals surface area contributed by atoms with E-state index >= 15 is 0 Å². The first-order chi connectivity index (χ1) is 14.4. The van der Waals surface area contributed by atoms with Crippen LogP contribution in [0.4, 0.5) is 0 Å². The molecular formula is C22H32N4O3S. The van der Waals surface area contributed by atoms with Gasteiger partial charge in [-0.25, -0.2) is 0 Å². The van der Waals surface area contributed by atoms with Gasteiger partial charge in [0.05, 0.1) is 11.1 Å². The lowest BCUT2D eigenvalue weighted by atomic mass is 9.87. The maximum Gasteiger partial charge on any atom is 0.282 e. The Morgan fingerprint density at radius 3 is 2.53 bits per heavy atom. The number of para-hydroxylation sites is 1. The summed E-state index contributed by atoms with van der Waals surface area (Å²) in [6, 6.07) is 5.95. The lowest BCUT2D eigenvalue weighted by Crippen LogP contribution is -2.54. The summed E-state index contributed by atoms with van der Waals surface area (Å²) in [5.74, 6) is 0.642. The Morgan fingerprint density at radius 2 is 1.87 bits per heavy atom. The van der Waals surface area contributed by atoms with E-state index in [0.29, 0.717) is 50.7 Å². The highest BCUT2D eigenvalue weighted by Crippen LogP contribution is 2.33. The number of benzene rings is 1. The maximum atomic E-state index is 13.3. The number of nitrogens with zero attached hydrogens (tertiary/aromatic N) is 3. The van der Waals surface area contributed by atoms with Crippen molar-refractivity contribution in [3.63, 3.8) is 0 Å². The quantitative estimate of drug-likeness (QED) is 0.789. The minimum atomic E-state index is -3.46. The zero-order valence-electron chi connectivity index (χ0n) is 18.1. The van der Waals surface area contributed by atoms with Crippen LogP contribution in [0.3, 0.4) is 0 Å². The van der Waals surface area contributed by atoms with E-state index in [9.17, 15) is 13.2 Å². The van der Waals surface area contributed by atoms with Crippen molar-refractivity contribution < 1.29 is 13.2 Å². The fraction of sp³-hybridized carbons (Fsp3) is 0.591. The summed E-state index contributed by atoms with van der Waals surface area (Å²) in [5, 5.41) is 1.16. The van der Waals surface area contributed by atoms with Crippen molar-refractivity contribution in [3.05, 3.63) is 35.0 Å². The average Bonchev–Trinajstić information content (AvgIpc) is 3.12. The molecule has 4 rings (SSSR count). The van der Waals surface area contributed by atoms with E-state index in [1.165, 1.54) is 26.3 Å². The van der Waals surface area contributed by atoms with Crippen molar-refractivity contribution >= 4 is 27.0 Å². The predicted molar refractivity (Wildman–Crippen MR) is 119 cm³/mol. The summed E-state index contributed by atoms with van der Waals surface area (Å²) >= 11 is 0. The van der Waals surface area contributed by atoms with Gasteiger partial charge in [-0.15, -0.1) is 0 Å². The highest BCUT2D eigenvalue weighted by molar-refractivity contribution is 7.86. The first kappa shape index (κ1) is 21.3. The summed E-state index contributed by atoms with van der Waals surface area (Å²) in [6.07, 6.45) is 3.25. The van der Waals surface area contributed by atoms with Gasteiger partial charge in [0.2, 0.25) is 0 Å². The van der Waals surface area contributed by atoms with Gasteiger partial charge in [0.25, 0.3) is 16.1 Å². The van der Waals surface area contributed by atoms with Crippen molar-refractivity contribution in [2.45, 2.75) is 40.0 Å². The maximum absolute atomic E-state index is 13.3. The van der Waals surface area contributed by atoms with E-state index in [2.05, 4.69) is 18.0 Å². The molecule has 1 fully saturated rings. The fourth-order valence-corrected chi connectivity index (χ4v) is 6.40. The standard InChI is InChI=1S/C22H32N4O3S/c1-4-25(5-2)30(28,29)26-13-11-24(12-14-26)22(27)18-8-6-7-17-19-15-16(3)9-10-20(19)23-21(17)18/h6-8,16,23H,4-5,9-15H2,1-3H3. The van der Waals surface area contributed by atoms with E-state index in [1.54, 1.807) is 4.90 Å². The number of aromatic amines is 1. The van der Waals surface area contributed by atoms with Crippen LogP contribution >= 0.6 is 0 Å². The highest BCUT2D eigenvalue weighted by atomic mass is 32.2. The second-order valence-electron chi connectivity index (χ2n) is 8.44. The van der Waals surface area contributed by atoms with Crippen LogP contribution in [0.25, 0.3) is 10.9 Å². The molecule has 7 nitrogen and oxygen atoms in total. The Bertz CT molecular complexity index is 1030. The Balaban J connectivity index is 1.53.